The van der Waals surface area contributed by atoms with Crippen LogP contribution in [-0.4, -0.2) is 36.3 Å². The van der Waals surface area contributed by atoms with Crippen LogP contribution in [0.4, 0.5) is 0 Å². The fourth-order valence-corrected chi connectivity index (χ4v) is 3.12. The van der Waals surface area contributed by atoms with Gasteiger partial charge in [-0.2, -0.15) is 0 Å². The number of rotatable bonds is 11. The molecule has 0 saturated heterocycles. The van der Waals surface area contributed by atoms with Crippen LogP contribution < -0.4 is 0 Å². The third-order valence-electron chi connectivity index (χ3n) is 2.70. The monoisotopic (exact) mass is 302 g/mol. The molecule has 110 valence electrons. The first-order valence-corrected chi connectivity index (χ1v) is 9.60. The zero-order chi connectivity index (χ0) is 14.1. The number of hydrogen-bond donors (Lipinski definition) is 2. The summed E-state index contributed by atoms with van der Waals surface area (Å²) in [5.74, 6) is 0. The third-order valence-corrected chi connectivity index (χ3v) is 5.61. The molecule has 0 spiro atoms. The highest BCUT2D eigenvalue weighted by atomic mass is 31.2. The Labute approximate surface area is 109 Å². The van der Waals surface area contributed by atoms with Gasteiger partial charge in [0.25, 0.3) is 0 Å². The van der Waals surface area contributed by atoms with Crippen molar-refractivity contribution in [3.63, 3.8) is 0 Å². The first-order valence-electron chi connectivity index (χ1n) is 6.08. The standard InChI is InChI=1S/C10H24O6P2/c1-15-17(11,12)9-7-5-3-4-6-8-10-18(13,14)16-2/h3-10H2,1-2H3,(H,11,12)(H,13,14). The third kappa shape index (κ3) is 10.2. The van der Waals surface area contributed by atoms with E-state index in [1.165, 1.54) is 14.2 Å². The Morgan fingerprint density at radius 3 is 1.28 bits per heavy atom. The second-order valence-electron chi connectivity index (χ2n) is 4.21. The van der Waals surface area contributed by atoms with Crippen LogP contribution in [0.1, 0.15) is 38.5 Å². The second-order valence-corrected chi connectivity index (χ2v) is 8.38. The molecule has 0 radical (unpaired) electrons. The van der Waals surface area contributed by atoms with Gasteiger partial charge in [0.05, 0.1) is 0 Å². The minimum atomic E-state index is -3.35. The summed E-state index contributed by atoms with van der Waals surface area (Å²) in [6.07, 6.45) is 5.36. The van der Waals surface area contributed by atoms with Crippen LogP contribution in [-0.2, 0) is 18.2 Å². The highest BCUT2D eigenvalue weighted by Crippen LogP contribution is 2.42. The molecule has 18 heavy (non-hydrogen) atoms. The maximum Gasteiger partial charge on any atom is 0.327 e. The Balaban J connectivity index is 3.37. The van der Waals surface area contributed by atoms with Crippen molar-refractivity contribution in [2.24, 2.45) is 0 Å². The van der Waals surface area contributed by atoms with E-state index in [-0.39, 0.29) is 12.3 Å². The van der Waals surface area contributed by atoms with E-state index in [9.17, 15) is 9.13 Å². The Kier molecular flexibility index (Phi) is 9.40. The van der Waals surface area contributed by atoms with E-state index in [0.717, 1.165) is 25.7 Å². The molecule has 0 aromatic heterocycles. The van der Waals surface area contributed by atoms with Crippen molar-refractivity contribution >= 4 is 15.2 Å². The number of unbranched alkanes of at least 4 members (excludes halogenated alkanes) is 5. The summed E-state index contributed by atoms with van der Waals surface area (Å²) in [6, 6.07) is 0. The molecule has 0 bridgehead atoms. The smallest absolute Gasteiger partial charge is 0.324 e. The molecular weight excluding hydrogens is 278 g/mol. The Morgan fingerprint density at radius 1 is 0.722 bits per heavy atom. The molecule has 0 aromatic rings. The first-order chi connectivity index (χ1) is 8.33. The van der Waals surface area contributed by atoms with Gasteiger partial charge in [-0.15, -0.1) is 0 Å². The van der Waals surface area contributed by atoms with Gasteiger partial charge in [-0.3, -0.25) is 9.13 Å². The van der Waals surface area contributed by atoms with Crippen LogP contribution >= 0.6 is 15.2 Å². The molecule has 0 aliphatic heterocycles. The van der Waals surface area contributed by atoms with E-state index in [2.05, 4.69) is 9.05 Å². The largest absolute Gasteiger partial charge is 0.327 e. The van der Waals surface area contributed by atoms with E-state index in [1.807, 2.05) is 0 Å². The van der Waals surface area contributed by atoms with Crippen LogP contribution in [0.15, 0.2) is 0 Å². The van der Waals surface area contributed by atoms with Crippen LogP contribution in [0.3, 0.4) is 0 Å². The molecule has 0 aliphatic carbocycles. The summed E-state index contributed by atoms with van der Waals surface area (Å²) in [5, 5.41) is 0. The average Bonchev–Trinajstić information content (AvgIpc) is 2.32. The summed E-state index contributed by atoms with van der Waals surface area (Å²) in [6.45, 7) is 0. The van der Waals surface area contributed by atoms with Crippen molar-refractivity contribution in [1.82, 2.24) is 0 Å². The van der Waals surface area contributed by atoms with E-state index in [0.29, 0.717) is 12.8 Å². The molecule has 0 aromatic carbocycles. The van der Waals surface area contributed by atoms with Crippen molar-refractivity contribution < 1.29 is 28.0 Å². The fourth-order valence-electron chi connectivity index (χ4n) is 1.51. The van der Waals surface area contributed by atoms with E-state index in [1.54, 1.807) is 0 Å². The molecule has 0 fully saturated rings. The molecule has 6 nitrogen and oxygen atoms in total. The van der Waals surface area contributed by atoms with Crippen LogP contribution in [0, 0.1) is 0 Å². The molecule has 2 N–H and O–H groups in total. The summed E-state index contributed by atoms with van der Waals surface area (Å²) < 4.78 is 31.2. The maximum absolute atomic E-state index is 11.1. The fraction of sp³-hybridized carbons (Fsp3) is 1.00. The van der Waals surface area contributed by atoms with Gasteiger partial charge in [0.15, 0.2) is 0 Å². The van der Waals surface area contributed by atoms with Gasteiger partial charge in [0, 0.05) is 26.5 Å². The highest BCUT2D eigenvalue weighted by Gasteiger charge is 2.16. The Hall–Kier alpha value is 0.300. The van der Waals surface area contributed by atoms with Crippen molar-refractivity contribution in [2.45, 2.75) is 38.5 Å². The van der Waals surface area contributed by atoms with E-state index in [4.69, 9.17) is 9.79 Å². The van der Waals surface area contributed by atoms with E-state index >= 15 is 0 Å². The van der Waals surface area contributed by atoms with Crippen LogP contribution in [0.5, 0.6) is 0 Å². The summed E-state index contributed by atoms with van der Waals surface area (Å²) in [4.78, 5) is 18.3. The zero-order valence-corrected chi connectivity index (χ0v) is 12.9. The molecule has 2 unspecified atom stereocenters. The van der Waals surface area contributed by atoms with Gasteiger partial charge < -0.3 is 18.8 Å². The van der Waals surface area contributed by atoms with Gasteiger partial charge in [0.1, 0.15) is 0 Å². The lowest BCUT2D eigenvalue weighted by Gasteiger charge is -2.09. The summed E-state index contributed by atoms with van der Waals surface area (Å²) in [7, 11) is -4.22. The molecule has 8 heteroatoms. The number of hydrogen-bond acceptors (Lipinski definition) is 4. The summed E-state index contributed by atoms with van der Waals surface area (Å²) in [5.41, 5.74) is 0. The summed E-state index contributed by atoms with van der Waals surface area (Å²) >= 11 is 0. The van der Waals surface area contributed by atoms with Crippen molar-refractivity contribution in [3.8, 4) is 0 Å². The average molecular weight is 302 g/mol. The van der Waals surface area contributed by atoms with Crippen molar-refractivity contribution in [1.29, 1.82) is 0 Å². The maximum atomic E-state index is 11.1. The SMILES string of the molecule is COP(=O)(O)CCCCCCCCP(=O)(O)OC. The van der Waals surface area contributed by atoms with Gasteiger partial charge >= 0.3 is 15.2 Å². The molecule has 2 atom stereocenters. The normalized spacial score (nSPS) is 18.2. The second kappa shape index (κ2) is 9.24. The molecule has 0 amide bonds. The molecule has 0 saturated carbocycles. The lowest BCUT2D eigenvalue weighted by Crippen LogP contribution is -1.93. The Bertz CT molecular complexity index is 277. The van der Waals surface area contributed by atoms with E-state index < -0.39 is 15.2 Å². The van der Waals surface area contributed by atoms with Gasteiger partial charge in [-0.25, -0.2) is 0 Å². The minimum Gasteiger partial charge on any atom is -0.324 e. The quantitative estimate of drug-likeness (QED) is 0.450. The van der Waals surface area contributed by atoms with Crippen LogP contribution in [0.2, 0.25) is 0 Å². The van der Waals surface area contributed by atoms with Gasteiger partial charge in [0.2, 0.25) is 0 Å². The zero-order valence-electron chi connectivity index (χ0n) is 11.1. The van der Waals surface area contributed by atoms with Crippen LogP contribution in [0.25, 0.3) is 0 Å². The lowest BCUT2D eigenvalue weighted by atomic mass is 10.1. The Morgan fingerprint density at radius 2 is 1.00 bits per heavy atom. The molecule has 0 aliphatic rings. The lowest BCUT2D eigenvalue weighted by molar-refractivity contribution is 0.312. The molecule has 0 heterocycles. The van der Waals surface area contributed by atoms with Crippen molar-refractivity contribution in [2.75, 3.05) is 26.5 Å². The topological polar surface area (TPSA) is 93.1 Å². The van der Waals surface area contributed by atoms with Crippen molar-refractivity contribution in [3.05, 3.63) is 0 Å². The predicted molar refractivity (Wildman–Crippen MR) is 71.1 cm³/mol. The first kappa shape index (κ1) is 18.3. The molecule has 0 rings (SSSR count). The minimum absolute atomic E-state index is 0.193. The molecular formula is C10H24O6P2. The predicted octanol–water partition coefficient (Wildman–Crippen LogP) is 2.99. The van der Waals surface area contributed by atoms with Gasteiger partial charge in [-0.05, 0) is 12.8 Å². The van der Waals surface area contributed by atoms with Gasteiger partial charge in [-0.1, -0.05) is 25.7 Å². The highest BCUT2D eigenvalue weighted by molar-refractivity contribution is 7.53.